The van der Waals surface area contributed by atoms with Crippen molar-refractivity contribution >= 4 is 0 Å². The predicted octanol–water partition coefficient (Wildman–Crippen LogP) is 3.67. The topological polar surface area (TPSA) is 15.3 Å². The van der Waals surface area contributed by atoms with Crippen LogP contribution in [0.1, 0.15) is 66.2 Å². The number of piperazine rings is 1. The highest BCUT2D eigenvalue weighted by molar-refractivity contribution is 4.86. The summed E-state index contributed by atoms with van der Waals surface area (Å²) >= 11 is 0. The predicted molar refractivity (Wildman–Crippen MR) is 81.0 cm³/mol. The zero-order chi connectivity index (χ0) is 13.4. The Balaban J connectivity index is 2.44. The van der Waals surface area contributed by atoms with Crippen LogP contribution in [0.5, 0.6) is 0 Å². The van der Waals surface area contributed by atoms with Gasteiger partial charge in [-0.2, -0.15) is 0 Å². The molecule has 1 N–H and O–H groups in total. The first-order valence-electron chi connectivity index (χ1n) is 8.14. The molecule has 2 atom stereocenters. The summed E-state index contributed by atoms with van der Waals surface area (Å²) in [5.41, 5.74) is 0. The largest absolute Gasteiger partial charge is 0.311 e. The Bertz CT molecular complexity index is 203. The molecule has 0 spiro atoms. The second-order valence-corrected chi connectivity index (χ2v) is 6.38. The maximum atomic E-state index is 3.75. The molecule has 0 radical (unpaired) electrons. The maximum Gasteiger partial charge on any atom is 0.0223 e. The van der Waals surface area contributed by atoms with Crippen LogP contribution in [0, 0.1) is 5.92 Å². The van der Waals surface area contributed by atoms with Crippen molar-refractivity contribution in [2.45, 2.75) is 78.3 Å². The van der Waals surface area contributed by atoms with Crippen molar-refractivity contribution in [2.24, 2.45) is 5.92 Å². The summed E-state index contributed by atoms with van der Waals surface area (Å²) in [6.07, 6.45) is 8.08. The van der Waals surface area contributed by atoms with Crippen molar-refractivity contribution in [3.63, 3.8) is 0 Å². The Kier molecular flexibility index (Phi) is 7.92. The third-order valence-electron chi connectivity index (χ3n) is 4.04. The standard InChI is InChI=1S/C16H34N2/c1-5-7-8-10-18-13-15(9-6-2)17-12-16(18)11-14(3)4/h14-17H,5-13H2,1-4H3. The van der Waals surface area contributed by atoms with E-state index in [9.17, 15) is 0 Å². The first-order chi connectivity index (χ1) is 8.67. The van der Waals surface area contributed by atoms with Gasteiger partial charge in [-0.1, -0.05) is 47.0 Å². The summed E-state index contributed by atoms with van der Waals surface area (Å²) in [6.45, 7) is 13.1. The number of nitrogens with zero attached hydrogens (tertiary/aromatic N) is 1. The van der Waals surface area contributed by atoms with Gasteiger partial charge in [0.15, 0.2) is 0 Å². The molecule has 0 bridgehead atoms. The monoisotopic (exact) mass is 254 g/mol. The third-order valence-corrected chi connectivity index (χ3v) is 4.04. The fourth-order valence-corrected chi connectivity index (χ4v) is 3.09. The third kappa shape index (κ3) is 5.71. The van der Waals surface area contributed by atoms with Crippen LogP contribution >= 0.6 is 0 Å². The highest BCUT2D eigenvalue weighted by Crippen LogP contribution is 2.18. The van der Waals surface area contributed by atoms with E-state index in [0.29, 0.717) is 0 Å². The van der Waals surface area contributed by atoms with Gasteiger partial charge in [0.25, 0.3) is 0 Å². The summed E-state index contributed by atoms with van der Waals surface area (Å²) in [4.78, 5) is 2.77. The van der Waals surface area contributed by atoms with E-state index in [4.69, 9.17) is 0 Å². The van der Waals surface area contributed by atoms with Crippen molar-refractivity contribution < 1.29 is 0 Å². The molecule has 0 aromatic heterocycles. The first kappa shape index (κ1) is 16.0. The van der Waals surface area contributed by atoms with Gasteiger partial charge in [0.1, 0.15) is 0 Å². The molecule has 2 nitrogen and oxygen atoms in total. The number of unbranched alkanes of at least 4 members (excludes halogenated alkanes) is 2. The SMILES string of the molecule is CCCCCN1CC(CCC)NCC1CC(C)C. The van der Waals surface area contributed by atoms with Gasteiger partial charge in [0, 0.05) is 25.2 Å². The molecule has 2 heteroatoms. The number of rotatable bonds is 8. The summed E-state index contributed by atoms with van der Waals surface area (Å²) in [6, 6.07) is 1.51. The van der Waals surface area contributed by atoms with Gasteiger partial charge in [-0.05, 0) is 31.7 Å². The maximum absolute atomic E-state index is 3.75. The average Bonchev–Trinajstić information content (AvgIpc) is 2.32. The highest BCUT2D eigenvalue weighted by Gasteiger charge is 2.27. The van der Waals surface area contributed by atoms with E-state index in [0.717, 1.165) is 18.0 Å². The molecule has 108 valence electrons. The molecule has 2 unspecified atom stereocenters. The Morgan fingerprint density at radius 3 is 2.56 bits per heavy atom. The summed E-state index contributed by atoms with van der Waals surface area (Å²) < 4.78 is 0. The Labute approximate surface area is 115 Å². The van der Waals surface area contributed by atoms with E-state index >= 15 is 0 Å². The van der Waals surface area contributed by atoms with Gasteiger partial charge in [-0.15, -0.1) is 0 Å². The molecule has 1 heterocycles. The van der Waals surface area contributed by atoms with Gasteiger partial charge >= 0.3 is 0 Å². The molecule has 18 heavy (non-hydrogen) atoms. The van der Waals surface area contributed by atoms with Crippen molar-refractivity contribution in [3.05, 3.63) is 0 Å². The molecule has 0 aliphatic carbocycles. The van der Waals surface area contributed by atoms with Gasteiger partial charge < -0.3 is 5.32 Å². The zero-order valence-electron chi connectivity index (χ0n) is 13.0. The molecule has 1 saturated heterocycles. The van der Waals surface area contributed by atoms with E-state index in [1.54, 1.807) is 0 Å². The minimum Gasteiger partial charge on any atom is -0.311 e. The molecular formula is C16H34N2. The Morgan fingerprint density at radius 1 is 1.17 bits per heavy atom. The van der Waals surface area contributed by atoms with Crippen molar-refractivity contribution in [1.82, 2.24) is 10.2 Å². The molecule has 1 aliphatic heterocycles. The van der Waals surface area contributed by atoms with Gasteiger partial charge in [-0.3, -0.25) is 4.90 Å². The fourth-order valence-electron chi connectivity index (χ4n) is 3.09. The molecule has 0 amide bonds. The zero-order valence-corrected chi connectivity index (χ0v) is 13.0. The fraction of sp³-hybridized carbons (Fsp3) is 1.00. The van der Waals surface area contributed by atoms with E-state index < -0.39 is 0 Å². The van der Waals surface area contributed by atoms with Gasteiger partial charge in [0.05, 0.1) is 0 Å². The van der Waals surface area contributed by atoms with Gasteiger partial charge in [-0.25, -0.2) is 0 Å². The lowest BCUT2D eigenvalue weighted by Gasteiger charge is -2.41. The van der Waals surface area contributed by atoms with Crippen molar-refractivity contribution in [2.75, 3.05) is 19.6 Å². The molecule has 0 aromatic carbocycles. The normalized spacial score (nSPS) is 25.8. The Hall–Kier alpha value is -0.0800. The molecular weight excluding hydrogens is 220 g/mol. The lowest BCUT2D eigenvalue weighted by molar-refractivity contribution is 0.109. The average molecular weight is 254 g/mol. The van der Waals surface area contributed by atoms with Crippen LogP contribution in [0.3, 0.4) is 0 Å². The molecule has 0 saturated carbocycles. The van der Waals surface area contributed by atoms with E-state index in [2.05, 4.69) is 37.9 Å². The van der Waals surface area contributed by atoms with Crippen LogP contribution in [0.4, 0.5) is 0 Å². The summed E-state index contributed by atoms with van der Waals surface area (Å²) in [5, 5.41) is 3.75. The first-order valence-corrected chi connectivity index (χ1v) is 8.14. The molecule has 0 aromatic rings. The number of hydrogen-bond acceptors (Lipinski definition) is 2. The van der Waals surface area contributed by atoms with Crippen LogP contribution in [0.25, 0.3) is 0 Å². The van der Waals surface area contributed by atoms with Crippen LogP contribution in [0.15, 0.2) is 0 Å². The Morgan fingerprint density at radius 2 is 1.94 bits per heavy atom. The molecule has 1 aliphatic rings. The smallest absolute Gasteiger partial charge is 0.0223 e. The van der Waals surface area contributed by atoms with E-state index in [-0.39, 0.29) is 0 Å². The van der Waals surface area contributed by atoms with Crippen LogP contribution in [-0.2, 0) is 0 Å². The van der Waals surface area contributed by atoms with Crippen LogP contribution in [-0.4, -0.2) is 36.6 Å². The second-order valence-electron chi connectivity index (χ2n) is 6.38. The summed E-state index contributed by atoms with van der Waals surface area (Å²) in [5.74, 6) is 0.813. The van der Waals surface area contributed by atoms with Gasteiger partial charge in [0.2, 0.25) is 0 Å². The minimum atomic E-state index is 0.736. The molecule has 1 rings (SSSR count). The molecule has 1 fully saturated rings. The lowest BCUT2D eigenvalue weighted by atomic mass is 9.97. The van der Waals surface area contributed by atoms with Crippen molar-refractivity contribution in [3.8, 4) is 0 Å². The lowest BCUT2D eigenvalue weighted by Crippen LogP contribution is -2.56. The number of nitrogens with one attached hydrogen (secondary N) is 1. The summed E-state index contributed by atoms with van der Waals surface area (Å²) in [7, 11) is 0. The number of hydrogen-bond donors (Lipinski definition) is 1. The van der Waals surface area contributed by atoms with Crippen LogP contribution in [0.2, 0.25) is 0 Å². The minimum absolute atomic E-state index is 0.736. The van der Waals surface area contributed by atoms with E-state index in [1.807, 2.05) is 0 Å². The quantitative estimate of drug-likeness (QED) is 0.665. The van der Waals surface area contributed by atoms with Crippen LogP contribution < -0.4 is 5.32 Å². The van der Waals surface area contributed by atoms with Crippen molar-refractivity contribution in [1.29, 1.82) is 0 Å². The second kappa shape index (κ2) is 8.92. The van der Waals surface area contributed by atoms with E-state index in [1.165, 1.54) is 58.2 Å². The highest BCUT2D eigenvalue weighted by atomic mass is 15.2.